The van der Waals surface area contributed by atoms with E-state index in [1.807, 2.05) is 0 Å². The van der Waals surface area contributed by atoms with Crippen LogP contribution in [0.25, 0.3) is 11.3 Å². The second-order valence-corrected chi connectivity index (χ2v) is 7.71. The first-order chi connectivity index (χ1) is 13.1. The molecule has 0 fully saturated rings. The fourth-order valence-corrected chi connectivity index (χ4v) is 3.54. The van der Waals surface area contributed by atoms with Gasteiger partial charge in [-0.1, -0.05) is 12.1 Å². The normalized spacial score (nSPS) is 15.0. The number of hydrogen-bond acceptors (Lipinski definition) is 4. The quantitative estimate of drug-likeness (QED) is 0.404. The predicted molar refractivity (Wildman–Crippen MR) is 95.2 cm³/mol. The lowest BCUT2D eigenvalue weighted by molar-refractivity contribution is -0.0509. The van der Waals surface area contributed by atoms with Gasteiger partial charge in [-0.05, 0) is 60.7 Å². The summed E-state index contributed by atoms with van der Waals surface area (Å²) in [7, 11) is -4.44. The summed E-state index contributed by atoms with van der Waals surface area (Å²) in [6.07, 6.45) is 1.27. The van der Waals surface area contributed by atoms with Crippen molar-refractivity contribution in [2.45, 2.75) is 24.8 Å². The van der Waals surface area contributed by atoms with Crippen LogP contribution >= 0.6 is 0 Å². The molecule has 9 heteroatoms. The van der Waals surface area contributed by atoms with E-state index in [0.29, 0.717) is 29.7 Å². The molecule has 0 saturated carbocycles. The van der Waals surface area contributed by atoms with Crippen molar-refractivity contribution in [3.8, 4) is 5.75 Å². The molecular weight excluding hydrogens is 400 g/mol. The first-order valence-electron chi connectivity index (χ1n) is 8.29. The van der Waals surface area contributed by atoms with Gasteiger partial charge in [0.2, 0.25) is 0 Å². The Balaban J connectivity index is 2.23. The van der Waals surface area contributed by atoms with Crippen LogP contribution in [0.4, 0.5) is 17.6 Å². The number of hydrogen-bond donors (Lipinski definition) is 0. The molecule has 0 N–H and O–H groups in total. The molecule has 0 unspecified atom stereocenters. The second-order valence-electron chi connectivity index (χ2n) is 6.17. The van der Waals surface area contributed by atoms with E-state index >= 15 is 0 Å². The Hall–Kier alpha value is -2.55. The highest BCUT2D eigenvalue weighted by Gasteiger charge is 2.49. The highest BCUT2D eigenvalue weighted by molar-refractivity contribution is 7.87. The van der Waals surface area contributed by atoms with Crippen LogP contribution in [0.1, 0.15) is 29.5 Å². The first-order valence-corrected chi connectivity index (χ1v) is 9.70. The van der Waals surface area contributed by atoms with Gasteiger partial charge in [0.25, 0.3) is 0 Å². The van der Waals surface area contributed by atoms with E-state index in [9.17, 15) is 26.0 Å². The maximum atomic E-state index is 13.3. The van der Waals surface area contributed by atoms with Crippen molar-refractivity contribution in [2.24, 2.45) is 0 Å². The zero-order valence-corrected chi connectivity index (χ0v) is 15.5. The molecule has 0 spiro atoms. The molecule has 0 heterocycles. The Labute approximate surface area is 159 Å². The molecule has 0 radical (unpaired) electrons. The smallest absolute Gasteiger partial charge is 0.497 e. The molecule has 0 amide bonds. The van der Waals surface area contributed by atoms with Crippen LogP contribution in [0.3, 0.4) is 0 Å². The van der Waals surface area contributed by atoms with Crippen LogP contribution < -0.4 is 4.74 Å². The molecule has 28 heavy (non-hydrogen) atoms. The zero-order chi connectivity index (χ0) is 20.5. The predicted octanol–water partition coefficient (Wildman–Crippen LogP) is 4.91. The van der Waals surface area contributed by atoms with Crippen LogP contribution in [0, 0.1) is 5.82 Å². The maximum Gasteiger partial charge on any atom is 0.534 e. The minimum absolute atomic E-state index is 0.227. The van der Waals surface area contributed by atoms with Gasteiger partial charge in [0.15, 0.2) is 5.76 Å². The van der Waals surface area contributed by atoms with Crippen molar-refractivity contribution in [2.75, 3.05) is 7.11 Å². The number of fused-ring (bicyclic) bond motifs is 1. The van der Waals surface area contributed by atoms with E-state index in [1.54, 1.807) is 6.07 Å². The van der Waals surface area contributed by atoms with E-state index in [2.05, 4.69) is 4.18 Å². The van der Waals surface area contributed by atoms with E-state index in [4.69, 9.17) is 4.74 Å². The maximum absolute atomic E-state index is 13.3. The highest BCUT2D eigenvalue weighted by atomic mass is 32.2. The number of allylic oxidation sites excluding steroid dienone is 1. The summed E-state index contributed by atoms with van der Waals surface area (Å²) < 4.78 is 85.4. The van der Waals surface area contributed by atoms with Gasteiger partial charge in [-0.25, -0.2) is 4.39 Å². The molecule has 1 aliphatic carbocycles. The minimum Gasteiger partial charge on any atom is -0.497 e. The first kappa shape index (κ1) is 20.2. The van der Waals surface area contributed by atoms with Gasteiger partial charge in [-0.3, -0.25) is 0 Å². The molecule has 0 bridgehead atoms. The molecule has 0 aliphatic heterocycles. The fraction of sp³-hybridized carbons (Fsp3) is 0.263. The molecule has 0 atom stereocenters. The van der Waals surface area contributed by atoms with Crippen molar-refractivity contribution in [1.82, 2.24) is 0 Å². The zero-order valence-electron chi connectivity index (χ0n) is 14.7. The number of ether oxygens (including phenoxy) is 1. The average Bonchev–Trinajstić information content (AvgIpc) is 2.80. The van der Waals surface area contributed by atoms with Crippen molar-refractivity contribution < 1.29 is 34.9 Å². The number of benzene rings is 2. The molecule has 0 aromatic heterocycles. The minimum atomic E-state index is -5.88. The average molecular weight is 416 g/mol. The van der Waals surface area contributed by atoms with E-state index in [-0.39, 0.29) is 17.6 Å². The van der Waals surface area contributed by atoms with Crippen molar-refractivity contribution in [3.63, 3.8) is 0 Å². The summed E-state index contributed by atoms with van der Waals surface area (Å²) in [5.41, 5.74) is -4.10. The Kier molecular flexibility index (Phi) is 5.38. The lowest BCUT2D eigenvalue weighted by Gasteiger charge is -2.18. The molecule has 1 aliphatic rings. The van der Waals surface area contributed by atoms with Gasteiger partial charge >= 0.3 is 15.6 Å². The summed E-state index contributed by atoms with van der Waals surface area (Å²) in [5, 5.41) is 0. The summed E-state index contributed by atoms with van der Waals surface area (Å²) in [6.45, 7) is 0. The number of methoxy groups -OCH3 is 1. The molecule has 4 nitrogen and oxygen atoms in total. The van der Waals surface area contributed by atoms with Crippen molar-refractivity contribution in [3.05, 3.63) is 65.0 Å². The Morgan fingerprint density at radius 2 is 1.68 bits per heavy atom. The monoisotopic (exact) mass is 416 g/mol. The SMILES string of the molecule is COc1ccc2c(c1)CCCC(c1ccc(F)cc1)=C2OS(=O)(=O)C(F)(F)F. The fourth-order valence-electron chi connectivity index (χ4n) is 3.04. The van der Waals surface area contributed by atoms with Crippen LogP contribution in [-0.2, 0) is 20.7 Å². The standard InChI is InChI=1S/C19H16F4O4S/c1-26-15-9-10-17-13(11-15)3-2-4-16(12-5-7-14(20)8-6-12)18(17)27-28(24,25)19(21,22)23/h5-11H,2-4H2,1H3. The number of alkyl halides is 3. The lowest BCUT2D eigenvalue weighted by Crippen LogP contribution is -2.25. The van der Waals surface area contributed by atoms with E-state index in [0.717, 1.165) is 12.1 Å². The third-order valence-electron chi connectivity index (χ3n) is 4.37. The van der Waals surface area contributed by atoms with Gasteiger partial charge in [-0.2, -0.15) is 21.6 Å². The summed E-state index contributed by atoms with van der Waals surface area (Å²) >= 11 is 0. The van der Waals surface area contributed by atoms with Crippen molar-refractivity contribution in [1.29, 1.82) is 0 Å². The molecular formula is C19H16F4O4S. The largest absolute Gasteiger partial charge is 0.534 e. The number of aryl methyl sites for hydroxylation is 1. The third kappa shape index (κ3) is 3.99. The van der Waals surface area contributed by atoms with Crippen LogP contribution in [0.2, 0.25) is 0 Å². The van der Waals surface area contributed by atoms with Gasteiger partial charge in [-0.15, -0.1) is 0 Å². The number of halogens is 4. The van der Waals surface area contributed by atoms with E-state index in [1.165, 1.54) is 31.4 Å². The molecule has 150 valence electrons. The van der Waals surface area contributed by atoms with Gasteiger partial charge in [0.05, 0.1) is 7.11 Å². The molecule has 0 saturated heterocycles. The topological polar surface area (TPSA) is 52.6 Å². The van der Waals surface area contributed by atoms with E-state index < -0.39 is 27.2 Å². The molecule has 2 aromatic carbocycles. The Morgan fingerprint density at radius 3 is 2.29 bits per heavy atom. The Morgan fingerprint density at radius 1 is 1.00 bits per heavy atom. The van der Waals surface area contributed by atoms with Crippen molar-refractivity contribution >= 4 is 21.5 Å². The van der Waals surface area contributed by atoms with Crippen LogP contribution in [-0.4, -0.2) is 21.0 Å². The van der Waals surface area contributed by atoms with Crippen LogP contribution in [0.15, 0.2) is 42.5 Å². The molecule has 3 rings (SSSR count). The Bertz CT molecular complexity index is 1010. The summed E-state index contributed by atoms with van der Waals surface area (Å²) in [4.78, 5) is 0. The molecule has 2 aromatic rings. The highest BCUT2D eigenvalue weighted by Crippen LogP contribution is 2.40. The lowest BCUT2D eigenvalue weighted by atomic mass is 9.99. The summed E-state index contributed by atoms with van der Waals surface area (Å²) in [6, 6.07) is 9.66. The second kappa shape index (κ2) is 7.46. The van der Waals surface area contributed by atoms with Gasteiger partial charge < -0.3 is 8.92 Å². The number of rotatable bonds is 4. The van der Waals surface area contributed by atoms with Crippen LogP contribution in [0.5, 0.6) is 5.75 Å². The van der Waals surface area contributed by atoms with Gasteiger partial charge in [0.1, 0.15) is 11.6 Å². The van der Waals surface area contributed by atoms with Gasteiger partial charge in [0, 0.05) is 11.1 Å². The summed E-state index contributed by atoms with van der Waals surface area (Å²) in [5.74, 6) is -0.436. The third-order valence-corrected chi connectivity index (χ3v) is 5.33.